The molecule has 0 radical (unpaired) electrons. The Balaban J connectivity index is 0.000000231. The maximum atomic E-state index is 10.6. The Bertz CT molecular complexity index is 702. The van der Waals surface area contributed by atoms with E-state index in [1.165, 1.54) is 31.4 Å². The summed E-state index contributed by atoms with van der Waals surface area (Å²) in [5, 5.41) is 9.23. The molecule has 1 aromatic heterocycles. The Morgan fingerprint density at radius 1 is 1.09 bits per heavy atom. The van der Waals surface area contributed by atoms with E-state index in [1.54, 1.807) is 12.1 Å². The van der Waals surface area contributed by atoms with Gasteiger partial charge >= 0.3 is 0 Å². The van der Waals surface area contributed by atoms with Gasteiger partial charge in [0, 0.05) is 0 Å². The Labute approximate surface area is 131 Å². The molecule has 8 heteroatoms. The standard InChI is InChI=1S/C8H8O3.C7H7N3O2/c1-11-7-4-2-3-6(5-9)8(7)10;8-6(11)4-2-1-3-5(10-4)7(9)12/h2-5,10H,1H3;1-3H,(H2,8,11)(H2,9,12). The maximum Gasteiger partial charge on any atom is 0.267 e. The fourth-order valence-corrected chi connectivity index (χ4v) is 1.51. The zero-order valence-electron chi connectivity index (χ0n) is 12.2. The molecule has 2 aromatic rings. The van der Waals surface area contributed by atoms with Gasteiger partial charge in [0.05, 0.1) is 12.7 Å². The van der Waals surface area contributed by atoms with Crippen molar-refractivity contribution in [3.63, 3.8) is 0 Å². The number of phenolic OH excluding ortho intramolecular Hbond substituents is 1. The number of pyridine rings is 1. The summed E-state index contributed by atoms with van der Waals surface area (Å²) >= 11 is 0. The highest BCUT2D eigenvalue weighted by Gasteiger charge is 2.06. The van der Waals surface area contributed by atoms with Gasteiger partial charge in [-0.25, -0.2) is 4.98 Å². The molecule has 1 aromatic carbocycles. The van der Waals surface area contributed by atoms with Crippen LogP contribution in [0.5, 0.6) is 11.5 Å². The van der Waals surface area contributed by atoms with Crippen molar-refractivity contribution in [3.05, 3.63) is 53.3 Å². The van der Waals surface area contributed by atoms with E-state index in [0.29, 0.717) is 12.0 Å². The van der Waals surface area contributed by atoms with Crippen molar-refractivity contribution in [1.82, 2.24) is 4.98 Å². The highest BCUT2D eigenvalue weighted by atomic mass is 16.5. The molecule has 2 amide bonds. The number of ether oxygens (including phenoxy) is 1. The van der Waals surface area contributed by atoms with Crippen LogP contribution in [0.25, 0.3) is 0 Å². The summed E-state index contributed by atoms with van der Waals surface area (Å²) < 4.78 is 4.78. The fourth-order valence-electron chi connectivity index (χ4n) is 1.51. The fraction of sp³-hybridized carbons (Fsp3) is 0.0667. The summed E-state index contributed by atoms with van der Waals surface area (Å²) in [6, 6.07) is 9.06. The van der Waals surface area contributed by atoms with Gasteiger partial charge in [-0.05, 0) is 24.3 Å². The lowest BCUT2D eigenvalue weighted by molar-refractivity contribution is 0.0991. The zero-order valence-corrected chi connectivity index (χ0v) is 12.2. The van der Waals surface area contributed by atoms with Crippen molar-refractivity contribution in [2.24, 2.45) is 11.5 Å². The molecular weight excluding hydrogens is 302 g/mol. The van der Waals surface area contributed by atoms with E-state index in [1.807, 2.05) is 0 Å². The quantitative estimate of drug-likeness (QED) is 0.700. The molecule has 2 rings (SSSR count). The molecule has 0 unspecified atom stereocenters. The van der Waals surface area contributed by atoms with Crippen LogP contribution >= 0.6 is 0 Å². The molecule has 0 atom stereocenters. The molecule has 23 heavy (non-hydrogen) atoms. The molecule has 120 valence electrons. The molecule has 5 N–H and O–H groups in total. The maximum absolute atomic E-state index is 10.6. The predicted molar refractivity (Wildman–Crippen MR) is 81.3 cm³/mol. The largest absolute Gasteiger partial charge is 0.504 e. The van der Waals surface area contributed by atoms with Crippen molar-refractivity contribution in [1.29, 1.82) is 0 Å². The van der Waals surface area contributed by atoms with Gasteiger partial charge in [-0.2, -0.15) is 0 Å². The Hall–Kier alpha value is -3.42. The highest BCUT2D eigenvalue weighted by Crippen LogP contribution is 2.27. The van der Waals surface area contributed by atoms with Crippen LogP contribution in [0, 0.1) is 0 Å². The summed E-state index contributed by atoms with van der Waals surface area (Å²) in [5.41, 5.74) is 10.2. The normalized spacial score (nSPS) is 9.26. The third-order valence-electron chi connectivity index (χ3n) is 2.63. The topological polar surface area (TPSA) is 146 Å². The van der Waals surface area contributed by atoms with Crippen molar-refractivity contribution < 1.29 is 24.2 Å². The average molecular weight is 317 g/mol. The molecule has 0 fully saturated rings. The first-order valence-electron chi connectivity index (χ1n) is 6.28. The minimum absolute atomic E-state index is 0.0336. The van der Waals surface area contributed by atoms with Crippen LogP contribution in [0.15, 0.2) is 36.4 Å². The van der Waals surface area contributed by atoms with E-state index in [9.17, 15) is 19.5 Å². The van der Waals surface area contributed by atoms with E-state index in [2.05, 4.69) is 4.98 Å². The number of nitrogens with zero attached hydrogens (tertiary/aromatic N) is 1. The number of amides is 2. The van der Waals surface area contributed by atoms with Gasteiger partial charge in [-0.15, -0.1) is 0 Å². The smallest absolute Gasteiger partial charge is 0.267 e. The van der Waals surface area contributed by atoms with Crippen molar-refractivity contribution in [2.75, 3.05) is 7.11 Å². The number of carbonyl (C=O) groups is 3. The van der Waals surface area contributed by atoms with E-state index < -0.39 is 11.8 Å². The number of aromatic hydroxyl groups is 1. The van der Waals surface area contributed by atoms with Crippen LogP contribution in [-0.4, -0.2) is 35.3 Å². The van der Waals surface area contributed by atoms with Gasteiger partial charge in [-0.1, -0.05) is 12.1 Å². The number of hydrogen-bond acceptors (Lipinski definition) is 6. The van der Waals surface area contributed by atoms with Crippen LogP contribution in [0.3, 0.4) is 0 Å². The van der Waals surface area contributed by atoms with E-state index in [0.717, 1.165) is 0 Å². The first-order chi connectivity index (χ1) is 10.9. The van der Waals surface area contributed by atoms with E-state index in [-0.39, 0.29) is 22.7 Å². The van der Waals surface area contributed by atoms with Crippen LogP contribution in [0.1, 0.15) is 31.3 Å². The summed E-state index contributed by atoms with van der Waals surface area (Å²) in [5.74, 6) is -1.16. The molecule has 0 aliphatic rings. The van der Waals surface area contributed by atoms with Crippen molar-refractivity contribution in [3.8, 4) is 11.5 Å². The highest BCUT2D eigenvalue weighted by molar-refractivity contribution is 5.94. The number of hydrogen-bond donors (Lipinski definition) is 3. The van der Waals surface area contributed by atoms with Crippen molar-refractivity contribution >= 4 is 18.1 Å². The van der Waals surface area contributed by atoms with Crippen LogP contribution in [0.2, 0.25) is 0 Å². The number of benzene rings is 1. The Kier molecular flexibility index (Phi) is 6.23. The van der Waals surface area contributed by atoms with Gasteiger partial charge in [0.25, 0.3) is 11.8 Å². The van der Waals surface area contributed by atoms with Gasteiger partial charge in [0.1, 0.15) is 11.4 Å². The number of aromatic nitrogens is 1. The average Bonchev–Trinajstić information content (AvgIpc) is 2.55. The lowest BCUT2D eigenvalue weighted by atomic mass is 10.2. The number of aldehydes is 1. The number of para-hydroxylation sites is 1. The van der Waals surface area contributed by atoms with E-state index in [4.69, 9.17) is 16.2 Å². The van der Waals surface area contributed by atoms with Crippen LogP contribution < -0.4 is 16.2 Å². The number of phenols is 1. The molecule has 8 nitrogen and oxygen atoms in total. The summed E-state index contributed by atoms with van der Waals surface area (Å²) in [6.07, 6.45) is 0.581. The lowest BCUT2D eigenvalue weighted by Gasteiger charge is -2.02. The SMILES string of the molecule is COc1cccc(C=O)c1O.NC(=O)c1cccc(C(N)=O)n1. The summed E-state index contributed by atoms with van der Waals surface area (Å²) in [7, 11) is 1.43. The van der Waals surface area contributed by atoms with E-state index >= 15 is 0 Å². The molecule has 1 heterocycles. The minimum Gasteiger partial charge on any atom is -0.504 e. The predicted octanol–water partition coefficient (Wildman–Crippen LogP) is 0.493. The zero-order chi connectivity index (χ0) is 17.4. The molecule has 0 bridgehead atoms. The van der Waals surface area contributed by atoms with Crippen LogP contribution in [-0.2, 0) is 0 Å². The minimum atomic E-state index is -0.682. The summed E-state index contributed by atoms with van der Waals surface area (Å²) in [4.78, 5) is 35.1. The third kappa shape index (κ3) is 4.81. The second kappa shape index (κ2) is 8.13. The third-order valence-corrected chi connectivity index (χ3v) is 2.63. The number of primary amides is 2. The second-order valence-corrected chi connectivity index (χ2v) is 4.15. The van der Waals surface area contributed by atoms with Gasteiger partial charge in [0.15, 0.2) is 17.8 Å². The number of carbonyl (C=O) groups excluding carboxylic acids is 3. The molecule has 0 spiro atoms. The molecule has 0 saturated carbocycles. The molecular formula is C15H15N3O5. The molecule has 0 aliphatic heterocycles. The first kappa shape index (κ1) is 17.6. The lowest BCUT2D eigenvalue weighted by Crippen LogP contribution is -2.18. The summed E-state index contributed by atoms with van der Waals surface area (Å²) in [6.45, 7) is 0. The number of methoxy groups -OCH3 is 1. The van der Waals surface area contributed by atoms with Crippen LogP contribution in [0.4, 0.5) is 0 Å². The van der Waals surface area contributed by atoms with Gasteiger partial charge in [0.2, 0.25) is 0 Å². The van der Waals surface area contributed by atoms with Gasteiger partial charge < -0.3 is 21.3 Å². The monoisotopic (exact) mass is 317 g/mol. The second-order valence-electron chi connectivity index (χ2n) is 4.15. The van der Waals surface area contributed by atoms with Gasteiger partial charge in [-0.3, -0.25) is 14.4 Å². The van der Waals surface area contributed by atoms with Crippen molar-refractivity contribution in [2.45, 2.75) is 0 Å². The molecule has 0 saturated heterocycles. The number of nitrogens with two attached hydrogens (primary N) is 2. The molecule has 0 aliphatic carbocycles. The number of rotatable bonds is 4. The Morgan fingerprint density at radius 2 is 1.61 bits per heavy atom. The Morgan fingerprint density at radius 3 is 2.04 bits per heavy atom. The first-order valence-corrected chi connectivity index (χ1v) is 6.28.